The number of piperidine rings is 1. The third kappa shape index (κ3) is 3.17. The Morgan fingerprint density at radius 1 is 1.22 bits per heavy atom. The van der Waals surface area contributed by atoms with Crippen molar-refractivity contribution in [3.05, 3.63) is 54.2 Å². The van der Waals surface area contributed by atoms with Crippen molar-refractivity contribution in [1.82, 2.24) is 18.9 Å². The van der Waals surface area contributed by atoms with Gasteiger partial charge in [-0.2, -0.15) is 4.31 Å². The summed E-state index contributed by atoms with van der Waals surface area (Å²) in [5, 5.41) is 8.41. The number of rotatable bonds is 4. The molecule has 1 saturated heterocycles. The van der Waals surface area contributed by atoms with Gasteiger partial charge in [0.15, 0.2) is 17.2 Å². The van der Waals surface area contributed by atoms with Crippen molar-refractivity contribution in [2.24, 2.45) is 0 Å². The molecule has 7 nitrogen and oxygen atoms in total. The Labute approximate surface area is 156 Å². The smallest absolute Gasteiger partial charge is 0.243 e. The predicted molar refractivity (Wildman–Crippen MR) is 96.7 cm³/mol. The van der Waals surface area contributed by atoms with Gasteiger partial charge in [-0.3, -0.25) is 4.40 Å². The normalized spacial score (nSPS) is 18.7. The number of pyridine rings is 1. The zero-order valence-electron chi connectivity index (χ0n) is 14.7. The van der Waals surface area contributed by atoms with Crippen LogP contribution in [0.15, 0.2) is 47.5 Å². The highest BCUT2D eigenvalue weighted by Crippen LogP contribution is 2.30. The van der Waals surface area contributed by atoms with E-state index < -0.39 is 15.8 Å². The molecule has 1 fully saturated rings. The van der Waals surface area contributed by atoms with Gasteiger partial charge < -0.3 is 4.74 Å². The number of fused-ring (bicyclic) bond motifs is 1. The molecule has 142 valence electrons. The van der Waals surface area contributed by atoms with Crippen molar-refractivity contribution in [3.63, 3.8) is 0 Å². The number of halogens is 1. The highest BCUT2D eigenvalue weighted by Gasteiger charge is 2.33. The van der Waals surface area contributed by atoms with Crippen molar-refractivity contribution < 1.29 is 17.5 Å². The first-order valence-corrected chi connectivity index (χ1v) is 10.1. The van der Waals surface area contributed by atoms with Gasteiger partial charge in [-0.25, -0.2) is 12.8 Å². The van der Waals surface area contributed by atoms with Crippen LogP contribution in [0.1, 0.15) is 24.6 Å². The molecular formula is C18H19FN4O3S. The second-order valence-corrected chi connectivity index (χ2v) is 8.42. The van der Waals surface area contributed by atoms with Gasteiger partial charge in [-0.15, -0.1) is 10.2 Å². The summed E-state index contributed by atoms with van der Waals surface area (Å²) in [6.07, 6.45) is 3.39. The Balaban J connectivity index is 1.63. The topological polar surface area (TPSA) is 76.8 Å². The fourth-order valence-electron chi connectivity index (χ4n) is 3.47. The molecule has 0 aliphatic carbocycles. The van der Waals surface area contributed by atoms with Crippen LogP contribution < -0.4 is 4.74 Å². The van der Waals surface area contributed by atoms with Crippen molar-refractivity contribution in [1.29, 1.82) is 0 Å². The molecule has 4 rings (SSSR count). The van der Waals surface area contributed by atoms with E-state index in [0.717, 1.165) is 24.0 Å². The fourth-order valence-corrected chi connectivity index (χ4v) is 5.00. The Morgan fingerprint density at radius 2 is 2.07 bits per heavy atom. The number of benzene rings is 1. The van der Waals surface area contributed by atoms with Crippen LogP contribution in [0.5, 0.6) is 5.75 Å². The minimum absolute atomic E-state index is 0.0143. The third-order valence-corrected chi connectivity index (χ3v) is 6.71. The number of methoxy groups -OCH3 is 1. The molecule has 3 aromatic rings. The van der Waals surface area contributed by atoms with E-state index in [1.165, 1.54) is 23.5 Å². The van der Waals surface area contributed by atoms with Crippen LogP contribution in [0, 0.1) is 5.82 Å². The molecular weight excluding hydrogens is 371 g/mol. The number of hydrogen-bond donors (Lipinski definition) is 0. The molecule has 0 bridgehead atoms. The molecule has 9 heteroatoms. The summed E-state index contributed by atoms with van der Waals surface area (Å²) in [6, 6.07) is 9.32. The minimum Gasteiger partial charge on any atom is -0.494 e. The number of aromatic nitrogens is 3. The van der Waals surface area contributed by atoms with E-state index >= 15 is 0 Å². The molecule has 3 heterocycles. The van der Waals surface area contributed by atoms with E-state index in [0.29, 0.717) is 13.0 Å². The summed E-state index contributed by atoms with van der Waals surface area (Å²) < 4.78 is 48.1. The summed E-state index contributed by atoms with van der Waals surface area (Å²) in [5.74, 6) is -0.0172. The van der Waals surface area contributed by atoms with Crippen LogP contribution >= 0.6 is 0 Å². The van der Waals surface area contributed by atoms with E-state index in [4.69, 9.17) is 4.74 Å². The second-order valence-electron chi connectivity index (χ2n) is 6.49. The third-order valence-electron chi connectivity index (χ3n) is 4.85. The Morgan fingerprint density at radius 3 is 2.85 bits per heavy atom. The lowest BCUT2D eigenvalue weighted by Crippen LogP contribution is -2.39. The highest BCUT2D eigenvalue weighted by molar-refractivity contribution is 7.89. The van der Waals surface area contributed by atoms with Gasteiger partial charge in [-0.1, -0.05) is 6.07 Å². The van der Waals surface area contributed by atoms with Crippen LogP contribution in [0.25, 0.3) is 5.65 Å². The maximum atomic E-state index is 14.0. The first kappa shape index (κ1) is 17.9. The van der Waals surface area contributed by atoms with Gasteiger partial charge in [0.2, 0.25) is 10.0 Å². The fraction of sp³-hybridized carbons (Fsp3) is 0.333. The first-order valence-electron chi connectivity index (χ1n) is 8.64. The molecule has 0 unspecified atom stereocenters. The molecule has 0 spiro atoms. The number of sulfonamides is 1. The zero-order chi connectivity index (χ0) is 19.0. The SMILES string of the molecule is COc1ccc(S(=O)(=O)N2CCC[C@@H](c3nnc4ccccn34)C2)cc1F. The van der Waals surface area contributed by atoms with E-state index in [9.17, 15) is 12.8 Å². The van der Waals surface area contributed by atoms with Crippen molar-refractivity contribution in [3.8, 4) is 5.75 Å². The van der Waals surface area contributed by atoms with Crippen molar-refractivity contribution in [2.75, 3.05) is 20.2 Å². The van der Waals surface area contributed by atoms with Gasteiger partial charge in [0.05, 0.1) is 12.0 Å². The monoisotopic (exact) mass is 390 g/mol. The summed E-state index contributed by atoms with van der Waals surface area (Å²) >= 11 is 0. The summed E-state index contributed by atoms with van der Waals surface area (Å²) in [7, 11) is -2.47. The number of ether oxygens (including phenoxy) is 1. The highest BCUT2D eigenvalue weighted by atomic mass is 32.2. The molecule has 1 aliphatic heterocycles. The van der Waals surface area contributed by atoms with Crippen LogP contribution in [0.2, 0.25) is 0 Å². The largest absolute Gasteiger partial charge is 0.494 e. The van der Waals surface area contributed by atoms with E-state index in [1.807, 2.05) is 28.8 Å². The Hall–Kier alpha value is -2.52. The maximum Gasteiger partial charge on any atom is 0.243 e. The van der Waals surface area contributed by atoms with E-state index in [2.05, 4.69) is 10.2 Å². The molecule has 27 heavy (non-hydrogen) atoms. The maximum absolute atomic E-state index is 14.0. The average molecular weight is 390 g/mol. The quantitative estimate of drug-likeness (QED) is 0.684. The molecule has 0 radical (unpaired) electrons. The Bertz CT molecular complexity index is 1080. The summed E-state index contributed by atoms with van der Waals surface area (Å²) in [6.45, 7) is 0.675. The molecule has 1 atom stereocenters. The van der Waals surface area contributed by atoms with Crippen molar-refractivity contribution in [2.45, 2.75) is 23.7 Å². The van der Waals surface area contributed by atoms with Gasteiger partial charge in [-0.05, 0) is 43.2 Å². The number of nitrogens with zero attached hydrogens (tertiary/aromatic N) is 4. The minimum atomic E-state index is -3.81. The lowest BCUT2D eigenvalue weighted by molar-refractivity contribution is 0.308. The first-order chi connectivity index (χ1) is 13.0. The van der Waals surface area contributed by atoms with Gasteiger partial charge in [0.25, 0.3) is 0 Å². The lowest BCUT2D eigenvalue weighted by atomic mass is 9.99. The zero-order valence-corrected chi connectivity index (χ0v) is 15.6. The van der Waals surface area contributed by atoms with Crippen LogP contribution in [0.3, 0.4) is 0 Å². The predicted octanol–water partition coefficient (Wildman–Crippen LogP) is 2.45. The van der Waals surface area contributed by atoms with Gasteiger partial charge >= 0.3 is 0 Å². The molecule has 1 aliphatic rings. The van der Waals surface area contributed by atoms with E-state index in [-0.39, 0.29) is 23.1 Å². The molecule has 0 N–H and O–H groups in total. The molecule has 0 saturated carbocycles. The Kier molecular flexibility index (Phi) is 4.56. The van der Waals surface area contributed by atoms with E-state index in [1.54, 1.807) is 0 Å². The average Bonchev–Trinajstić information content (AvgIpc) is 3.12. The molecule has 1 aromatic carbocycles. The van der Waals surface area contributed by atoms with Crippen LogP contribution in [-0.2, 0) is 10.0 Å². The van der Waals surface area contributed by atoms with Gasteiger partial charge in [0.1, 0.15) is 5.82 Å². The molecule has 2 aromatic heterocycles. The standard InChI is InChI=1S/C18H19FN4O3S/c1-26-16-8-7-14(11-15(16)19)27(24,25)22-9-4-5-13(12-22)18-21-20-17-6-2-3-10-23(17)18/h2-3,6-8,10-11,13H,4-5,9,12H2,1H3/t13-/m1/s1. The van der Waals surface area contributed by atoms with Crippen LogP contribution in [0.4, 0.5) is 4.39 Å². The van der Waals surface area contributed by atoms with Crippen LogP contribution in [-0.4, -0.2) is 47.5 Å². The molecule has 0 amide bonds. The van der Waals surface area contributed by atoms with Gasteiger partial charge in [0, 0.05) is 25.2 Å². The van der Waals surface area contributed by atoms with Crippen molar-refractivity contribution >= 4 is 15.7 Å². The summed E-state index contributed by atoms with van der Waals surface area (Å²) in [4.78, 5) is -0.0763. The summed E-state index contributed by atoms with van der Waals surface area (Å²) in [5.41, 5.74) is 0.727. The number of hydrogen-bond acceptors (Lipinski definition) is 5. The lowest BCUT2D eigenvalue weighted by Gasteiger charge is -2.31. The second kappa shape index (κ2) is 6.90.